The molecular weight excluding hydrogens is 218 g/mol. The molecule has 0 rings (SSSR count). The third-order valence-electron chi connectivity index (χ3n) is 1.73. The maximum absolute atomic E-state index is 11.3. The van der Waals surface area contributed by atoms with Crippen LogP contribution in [0.4, 0.5) is 0 Å². The fraction of sp³-hybridized carbons (Fsp3) is 0.667. The van der Waals surface area contributed by atoms with E-state index in [2.05, 4.69) is 0 Å². The van der Waals surface area contributed by atoms with Gasteiger partial charge < -0.3 is 15.3 Å². The van der Waals surface area contributed by atoms with Crippen molar-refractivity contribution in [2.45, 2.75) is 39.1 Å². The zero-order valence-electron chi connectivity index (χ0n) is 9.25. The molecule has 0 fully saturated rings. The molecule has 0 aromatic carbocycles. The van der Waals surface area contributed by atoms with Crippen molar-refractivity contribution in [1.29, 1.82) is 0 Å². The summed E-state index contributed by atoms with van der Waals surface area (Å²) in [5.74, 6) is -3.55. The van der Waals surface area contributed by atoms with Crippen LogP contribution < -0.4 is 0 Å². The summed E-state index contributed by atoms with van der Waals surface area (Å²) in [6.07, 6.45) is -4.74. The Morgan fingerprint density at radius 2 is 0.938 bits per heavy atom. The van der Waals surface area contributed by atoms with Gasteiger partial charge in [0.25, 0.3) is 17.7 Å². The summed E-state index contributed by atoms with van der Waals surface area (Å²) >= 11 is 0. The Morgan fingerprint density at radius 3 is 1.06 bits per heavy atom. The fourth-order valence-corrected chi connectivity index (χ4v) is 0.886. The number of aliphatic hydroxyl groups excluding tert-OH is 3. The van der Waals surface area contributed by atoms with Crippen LogP contribution in [0.5, 0.6) is 0 Å². The van der Waals surface area contributed by atoms with Crippen molar-refractivity contribution < 1.29 is 29.7 Å². The summed E-state index contributed by atoms with van der Waals surface area (Å²) in [6, 6.07) is 0. The largest absolute Gasteiger partial charge is 0.384 e. The van der Waals surface area contributed by atoms with Crippen molar-refractivity contribution in [3.8, 4) is 0 Å². The lowest BCUT2D eigenvalue weighted by atomic mass is 10.2. The molecule has 3 amide bonds. The summed E-state index contributed by atoms with van der Waals surface area (Å²) in [5, 5.41) is 27.0. The molecule has 0 spiro atoms. The van der Waals surface area contributed by atoms with Gasteiger partial charge in [-0.25, -0.2) is 4.90 Å². The minimum Gasteiger partial charge on any atom is -0.384 e. The van der Waals surface area contributed by atoms with E-state index < -0.39 is 36.0 Å². The molecule has 0 bridgehead atoms. The first-order chi connectivity index (χ1) is 7.20. The Hall–Kier alpha value is -1.31. The van der Waals surface area contributed by atoms with Crippen molar-refractivity contribution in [3.05, 3.63) is 0 Å². The molecule has 3 atom stereocenters. The zero-order valence-corrected chi connectivity index (χ0v) is 9.25. The van der Waals surface area contributed by atoms with Crippen molar-refractivity contribution in [2.75, 3.05) is 0 Å². The van der Waals surface area contributed by atoms with E-state index in [1.165, 1.54) is 0 Å². The molecule has 0 saturated heterocycles. The lowest BCUT2D eigenvalue weighted by Crippen LogP contribution is -2.52. The minimum atomic E-state index is -1.58. The highest BCUT2D eigenvalue weighted by Crippen LogP contribution is 2.03. The smallest absolute Gasteiger partial charge is 0.264 e. The van der Waals surface area contributed by atoms with Crippen LogP contribution in [0, 0.1) is 0 Å². The molecule has 0 aromatic heterocycles. The van der Waals surface area contributed by atoms with E-state index in [1.54, 1.807) is 0 Å². The first kappa shape index (κ1) is 14.7. The predicted octanol–water partition coefficient (Wildman–Crippen LogP) is -1.99. The average molecular weight is 233 g/mol. The van der Waals surface area contributed by atoms with E-state index in [9.17, 15) is 14.4 Å². The third-order valence-corrected chi connectivity index (χ3v) is 1.73. The topological polar surface area (TPSA) is 115 Å². The van der Waals surface area contributed by atoms with E-state index in [0.717, 1.165) is 20.8 Å². The van der Waals surface area contributed by atoms with Crippen LogP contribution in [0.3, 0.4) is 0 Å². The summed E-state index contributed by atoms with van der Waals surface area (Å²) in [7, 11) is 0. The van der Waals surface area contributed by atoms with E-state index >= 15 is 0 Å². The van der Waals surface area contributed by atoms with Crippen molar-refractivity contribution in [3.63, 3.8) is 0 Å². The fourth-order valence-electron chi connectivity index (χ4n) is 0.886. The molecule has 3 unspecified atom stereocenters. The van der Waals surface area contributed by atoms with Crippen molar-refractivity contribution in [1.82, 2.24) is 4.90 Å². The summed E-state index contributed by atoms with van der Waals surface area (Å²) in [6.45, 7) is 3.21. The van der Waals surface area contributed by atoms with Crippen LogP contribution in [0.2, 0.25) is 0 Å². The summed E-state index contributed by atoms with van der Waals surface area (Å²) in [5.41, 5.74) is 0. The quantitative estimate of drug-likeness (QED) is 0.520. The molecule has 0 radical (unpaired) electrons. The van der Waals surface area contributed by atoms with Gasteiger partial charge in [-0.3, -0.25) is 14.4 Å². The van der Waals surface area contributed by atoms with Crippen molar-refractivity contribution >= 4 is 17.7 Å². The zero-order chi connectivity index (χ0) is 13.0. The molecule has 0 aromatic rings. The molecule has 16 heavy (non-hydrogen) atoms. The van der Waals surface area contributed by atoms with Gasteiger partial charge in [-0.05, 0) is 20.8 Å². The molecule has 3 N–H and O–H groups in total. The highest BCUT2D eigenvalue weighted by molar-refractivity contribution is 6.13. The molecule has 7 nitrogen and oxygen atoms in total. The predicted molar refractivity (Wildman–Crippen MR) is 51.9 cm³/mol. The van der Waals surface area contributed by atoms with Gasteiger partial charge in [0, 0.05) is 0 Å². The lowest BCUT2D eigenvalue weighted by Gasteiger charge is -2.22. The Balaban J connectivity index is 5.14. The number of amides is 3. The van der Waals surface area contributed by atoms with Crippen molar-refractivity contribution in [2.24, 2.45) is 0 Å². The molecule has 0 aliphatic carbocycles. The first-order valence-electron chi connectivity index (χ1n) is 4.66. The monoisotopic (exact) mass is 233 g/mol. The molecule has 92 valence electrons. The SMILES string of the molecule is CC(O)C(=O)N(C(=O)C(C)O)C(=O)C(C)O. The molecule has 7 heteroatoms. The highest BCUT2D eigenvalue weighted by atomic mass is 16.3. The average Bonchev–Trinajstić information content (AvgIpc) is 2.16. The van der Waals surface area contributed by atoms with Crippen LogP contribution in [-0.4, -0.2) is 56.3 Å². The van der Waals surface area contributed by atoms with Crippen LogP contribution in [0.25, 0.3) is 0 Å². The minimum absolute atomic E-state index is 0.0556. The first-order valence-corrected chi connectivity index (χ1v) is 4.66. The number of hydrogen-bond donors (Lipinski definition) is 3. The van der Waals surface area contributed by atoms with Gasteiger partial charge in [0.05, 0.1) is 0 Å². The van der Waals surface area contributed by atoms with Crippen LogP contribution in [0.1, 0.15) is 20.8 Å². The standard InChI is InChI=1S/C9H15NO6/c1-4(11)7(14)10(8(15)5(2)12)9(16)6(3)13/h4-6,11-13H,1-3H3. The van der Waals surface area contributed by atoms with Crippen LogP contribution in [0.15, 0.2) is 0 Å². The second kappa shape index (κ2) is 5.69. The number of hydrogen-bond acceptors (Lipinski definition) is 6. The third kappa shape index (κ3) is 3.37. The van der Waals surface area contributed by atoms with Gasteiger partial charge in [-0.1, -0.05) is 0 Å². The van der Waals surface area contributed by atoms with Gasteiger partial charge >= 0.3 is 0 Å². The number of nitrogens with zero attached hydrogens (tertiary/aromatic N) is 1. The Bertz CT molecular complexity index is 249. The molecule has 0 aliphatic rings. The van der Waals surface area contributed by atoms with Gasteiger partial charge in [-0.2, -0.15) is 0 Å². The van der Waals surface area contributed by atoms with Gasteiger partial charge in [0.15, 0.2) is 0 Å². The van der Waals surface area contributed by atoms with Crippen LogP contribution in [-0.2, 0) is 14.4 Å². The van der Waals surface area contributed by atoms with Crippen LogP contribution >= 0.6 is 0 Å². The molecular formula is C9H15NO6. The van der Waals surface area contributed by atoms with E-state index in [4.69, 9.17) is 15.3 Å². The number of aliphatic hydroxyl groups is 3. The number of imide groups is 3. The second-order valence-electron chi connectivity index (χ2n) is 3.38. The maximum Gasteiger partial charge on any atom is 0.264 e. The molecule has 0 heterocycles. The van der Waals surface area contributed by atoms with E-state index in [1.807, 2.05) is 0 Å². The van der Waals surface area contributed by atoms with Gasteiger partial charge in [-0.15, -0.1) is 0 Å². The van der Waals surface area contributed by atoms with Gasteiger partial charge in [0.2, 0.25) is 0 Å². The van der Waals surface area contributed by atoms with E-state index in [0.29, 0.717) is 0 Å². The second-order valence-corrected chi connectivity index (χ2v) is 3.38. The number of carbonyl (C=O) groups is 3. The Labute approximate surface area is 92.3 Å². The molecule has 0 aliphatic heterocycles. The lowest BCUT2D eigenvalue weighted by molar-refractivity contribution is -0.164. The number of carbonyl (C=O) groups excluding carboxylic acids is 3. The highest BCUT2D eigenvalue weighted by Gasteiger charge is 2.35. The maximum atomic E-state index is 11.3. The molecule has 0 saturated carbocycles. The Kier molecular flexibility index (Phi) is 5.22. The summed E-state index contributed by atoms with van der Waals surface area (Å²) < 4.78 is 0. The van der Waals surface area contributed by atoms with Gasteiger partial charge in [0.1, 0.15) is 18.3 Å². The van der Waals surface area contributed by atoms with E-state index in [-0.39, 0.29) is 4.90 Å². The normalized spacial score (nSPS) is 16.1. The summed E-state index contributed by atoms with van der Waals surface area (Å²) in [4.78, 5) is 34.1. The number of rotatable bonds is 3. The Morgan fingerprint density at radius 1 is 0.750 bits per heavy atom.